The highest BCUT2D eigenvalue weighted by molar-refractivity contribution is 4.84. The first-order valence-corrected chi connectivity index (χ1v) is 8.01. The van der Waals surface area contributed by atoms with Crippen molar-refractivity contribution in [2.45, 2.75) is 77.3 Å². The van der Waals surface area contributed by atoms with Gasteiger partial charge in [-0.05, 0) is 70.5 Å². The van der Waals surface area contributed by atoms with E-state index >= 15 is 0 Å². The van der Waals surface area contributed by atoms with E-state index in [2.05, 4.69) is 31.1 Å². The van der Waals surface area contributed by atoms with Crippen molar-refractivity contribution in [2.75, 3.05) is 20.1 Å². The number of rotatable bonds is 2. The summed E-state index contributed by atoms with van der Waals surface area (Å²) in [6.07, 6.45) is 11.2. The lowest BCUT2D eigenvalue weighted by Gasteiger charge is -2.34. The maximum Gasteiger partial charge on any atom is 0.0108 e. The Labute approximate surface area is 114 Å². The van der Waals surface area contributed by atoms with Gasteiger partial charge >= 0.3 is 0 Å². The molecule has 1 saturated carbocycles. The Kier molecular flexibility index (Phi) is 5.08. The first kappa shape index (κ1) is 14.3. The minimum Gasteiger partial charge on any atom is -0.317 e. The lowest BCUT2D eigenvalue weighted by Crippen LogP contribution is -2.40. The monoisotopic (exact) mass is 252 g/mol. The van der Waals surface area contributed by atoms with Gasteiger partial charge in [-0.2, -0.15) is 0 Å². The fourth-order valence-corrected chi connectivity index (χ4v) is 3.76. The summed E-state index contributed by atoms with van der Waals surface area (Å²) in [5.41, 5.74) is 0.584. The van der Waals surface area contributed by atoms with Crippen LogP contribution in [0, 0.1) is 5.41 Å². The Balaban J connectivity index is 1.89. The molecule has 0 bridgehead atoms. The van der Waals surface area contributed by atoms with Crippen molar-refractivity contribution in [3.05, 3.63) is 0 Å². The van der Waals surface area contributed by atoms with Crippen LogP contribution in [0.3, 0.4) is 0 Å². The molecule has 0 spiro atoms. The molecular weight excluding hydrogens is 220 g/mol. The number of nitrogens with one attached hydrogen (secondary N) is 1. The average Bonchev–Trinajstić information content (AvgIpc) is 2.68. The molecule has 1 aliphatic carbocycles. The van der Waals surface area contributed by atoms with Crippen molar-refractivity contribution in [3.63, 3.8) is 0 Å². The van der Waals surface area contributed by atoms with E-state index in [4.69, 9.17) is 0 Å². The molecule has 2 heteroatoms. The minimum absolute atomic E-state index is 0.584. The summed E-state index contributed by atoms with van der Waals surface area (Å²) < 4.78 is 0. The fraction of sp³-hybridized carbons (Fsp3) is 1.00. The molecule has 0 aromatic rings. The maximum absolute atomic E-state index is 3.53. The Morgan fingerprint density at radius 2 is 1.61 bits per heavy atom. The van der Waals surface area contributed by atoms with Crippen LogP contribution in [0.5, 0.6) is 0 Å². The van der Waals surface area contributed by atoms with Crippen LogP contribution in [0.4, 0.5) is 0 Å². The van der Waals surface area contributed by atoms with Crippen molar-refractivity contribution in [3.8, 4) is 0 Å². The second-order valence-corrected chi connectivity index (χ2v) is 7.25. The maximum atomic E-state index is 3.53. The quantitative estimate of drug-likeness (QED) is 0.758. The molecule has 106 valence electrons. The van der Waals surface area contributed by atoms with Gasteiger partial charge < -0.3 is 10.2 Å². The van der Waals surface area contributed by atoms with Crippen LogP contribution in [0.2, 0.25) is 0 Å². The molecular formula is C16H32N2. The predicted molar refractivity (Wildman–Crippen MR) is 78.9 cm³/mol. The van der Waals surface area contributed by atoms with Crippen LogP contribution in [0.15, 0.2) is 0 Å². The second-order valence-electron chi connectivity index (χ2n) is 7.25. The van der Waals surface area contributed by atoms with Gasteiger partial charge in [0.1, 0.15) is 0 Å². The first-order chi connectivity index (χ1) is 8.58. The summed E-state index contributed by atoms with van der Waals surface area (Å²) in [4.78, 5) is 2.73. The molecule has 2 aliphatic rings. The van der Waals surface area contributed by atoms with Crippen molar-refractivity contribution >= 4 is 0 Å². The fourth-order valence-electron chi connectivity index (χ4n) is 3.76. The van der Waals surface area contributed by atoms with Crippen LogP contribution in [-0.2, 0) is 0 Å². The van der Waals surface area contributed by atoms with Gasteiger partial charge in [-0.15, -0.1) is 0 Å². The van der Waals surface area contributed by atoms with Gasteiger partial charge in [0.15, 0.2) is 0 Å². The topological polar surface area (TPSA) is 15.3 Å². The Morgan fingerprint density at radius 1 is 0.889 bits per heavy atom. The molecule has 0 amide bonds. The smallest absolute Gasteiger partial charge is 0.0108 e. The molecule has 0 aromatic heterocycles. The van der Waals surface area contributed by atoms with Crippen LogP contribution in [0.25, 0.3) is 0 Å². The van der Waals surface area contributed by atoms with E-state index < -0.39 is 0 Å². The van der Waals surface area contributed by atoms with Crippen molar-refractivity contribution in [1.29, 1.82) is 0 Å². The molecule has 2 unspecified atom stereocenters. The van der Waals surface area contributed by atoms with E-state index in [1.54, 1.807) is 0 Å². The van der Waals surface area contributed by atoms with Crippen molar-refractivity contribution in [2.24, 2.45) is 5.41 Å². The van der Waals surface area contributed by atoms with E-state index in [-0.39, 0.29) is 0 Å². The molecule has 0 aromatic carbocycles. The highest BCUT2D eigenvalue weighted by Gasteiger charge is 2.29. The van der Waals surface area contributed by atoms with E-state index in [0.717, 1.165) is 12.1 Å². The van der Waals surface area contributed by atoms with Gasteiger partial charge in [0.25, 0.3) is 0 Å². The van der Waals surface area contributed by atoms with E-state index in [0.29, 0.717) is 5.41 Å². The first-order valence-electron chi connectivity index (χ1n) is 8.01. The van der Waals surface area contributed by atoms with E-state index in [1.807, 2.05) is 0 Å². The molecule has 1 heterocycles. The molecule has 2 nitrogen and oxygen atoms in total. The Hall–Kier alpha value is -0.0800. The molecule has 1 saturated heterocycles. The Morgan fingerprint density at radius 3 is 2.44 bits per heavy atom. The van der Waals surface area contributed by atoms with Crippen LogP contribution < -0.4 is 5.32 Å². The molecule has 2 fully saturated rings. The molecule has 1 N–H and O–H groups in total. The lowest BCUT2D eigenvalue weighted by molar-refractivity contribution is 0.143. The van der Waals surface area contributed by atoms with Gasteiger partial charge in [0.2, 0.25) is 0 Å². The van der Waals surface area contributed by atoms with E-state index in [9.17, 15) is 0 Å². The van der Waals surface area contributed by atoms with Gasteiger partial charge in [-0.3, -0.25) is 0 Å². The zero-order valence-corrected chi connectivity index (χ0v) is 12.7. The molecule has 1 aliphatic heterocycles. The zero-order valence-electron chi connectivity index (χ0n) is 12.7. The molecule has 2 atom stereocenters. The molecule has 0 radical (unpaired) electrons. The molecule has 2 rings (SSSR count). The van der Waals surface area contributed by atoms with Crippen LogP contribution in [0.1, 0.15) is 65.2 Å². The molecule has 18 heavy (non-hydrogen) atoms. The minimum atomic E-state index is 0.584. The van der Waals surface area contributed by atoms with E-state index in [1.165, 1.54) is 64.5 Å². The summed E-state index contributed by atoms with van der Waals surface area (Å²) in [5.74, 6) is 0. The Bertz CT molecular complexity index is 241. The van der Waals surface area contributed by atoms with Gasteiger partial charge in [-0.25, -0.2) is 0 Å². The van der Waals surface area contributed by atoms with Crippen LogP contribution in [-0.4, -0.2) is 37.1 Å². The number of hydrogen-bond acceptors (Lipinski definition) is 2. The standard InChI is InChI=1S/C16H32N2/c1-16(2)10-4-6-14(8-11-16)18(3)15-7-5-12-17-13-9-15/h14-15,17H,4-13H2,1-3H3. The van der Waals surface area contributed by atoms with Crippen LogP contribution >= 0.6 is 0 Å². The van der Waals surface area contributed by atoms with Gasteiger partial charge in [-0.1, -0.05) is 20.3 Å². The highest BCUT2D eigenvalue weighted by atomic mass is 15.2. The predicted octanol–water partition coefficient (Wildman–Crippen LogP) is 3.42. The van der Waals surface area contributed by atoms with Gasteiger partial charge in [0, 0.05) is 12.1 Å². The summed E-state index contributed by atoms with van der Waals surface area (Å²) >= 11 is 0. The third kappa shape index (κ3) is 3.96. The normalized spacial score (nSPS) is 34.0. The third-order valence-corrected chi connectivity index (χ3v) is 5.24. The summed E-state index contributed by atoms with van der Waals surface area (Å²) in [6.45, 7) is 7.34. The summed E-state index contributed by atoms with van der Waals surface area (Å²) in [6, 6.07) is 1.67. The van der Waals surface area contributed by atoms with Crippen molar-refractivity contribution in [1.82, 2.24) is 10.2 Å². The number of nitrogens with zero attached hydrogens (tertiary/aromatic N) is 1. The van der Waals surface area contributed by atoms with Gasteiger partial charge in [0.05, 0.1) is 0 Å². The largest absolute Gasteiger partial charge is 0.317 e. The second kappa shape index (κ2) is 6.38. The highest BCUT2D eigenvalue weighted by Crippen LogP contribution is 2.35. The average molecular weight is 252 g/mol. The SMILES string of the molecule is CN(C1CCCNCC1)C1CCCC(C)(C)CC1. The number of hydrogen-bond donors (Lipinski definition) is 1. The lowest BCUT2D eigenvalue weighted by atomic mass is 9.85. The third-order valence-electron chi connectivity index (χ3n) is 5.24. The zero-order chi connectivity index (χ0) is 13.0. The summed E-state index contributed by atoms with van der Waals surface area (Å²) in [5, 5.41) is 3.53. The van der Waals surface area contributed by atoms with Crippen molar-refractivity contribution < 1.29 is 0 Å². The summed E-state index contributed by atoms with van der Waals surface area (Å²) in [7, 11) is 2.39.